The Balaban J connectivity index is 2.70. The van der Waals surface area contributed by atoms with E-state index in [0.29, 0.717) is 5.82 Å². The van der Waals surface area contributed by atoms with E-state index in [2.05, 4.69) is 11.9 Å². The molecule has 0 aliphatic carbocycles. The van der Waals surface area contributed by atoms with Crippen molar-refractivity contribution < 1.29 is 4.79 Å². The van der Waals surface area contributed by atoms with E-state index in [1.54, 1.807) is 17.0 Å². The molecule has 4 nitrogen and oxygen atoms in total. The summed E-state index contributed by atoms with van der Waals surface area (Å²) in [7, 11) is 0. The largest absolute Gasteiger partial charge is 0.363 e. The SMILES string of the molecule is CCCCn1ccnc1C(N)=O. The van der Waals surface area contributed by atoms with Gasteiger partial charge in [-0.2, -0.15) is 0 Å². The van der Waals surface area contributed by atoms with Gasteiger partial charge in [-0.05, 0) is 6.42 Å². The minimum absolute atomic E-state index is 0.350. The number of amides is 1. The second-order valence-corrected chi connectivity index (χ2v) is 2.66. The maximum Gasteiger partial charge on any atom is 0.284 e. The lowest BCUT2D eigenvalue weighted by molar-refractivity contribution is 0.0986. The molecule has 1 rings (SSSR count). The van der Waals surface area contributed by atoms with Gasteiger partial charge in [0.15, 0.2) is 5.82 Å². The molecule has 66 valence electrons. The zero-order valence-corrected chi connectivity index (χ0v) is 7.16. The number of nitrogens with two attached hydrogens (primary N) is 1. The van der Waals surface area contributed by atoms with E-state index in [1.807, 2.05) is 0 Å². The van der Waals surface area contributed by atoms with Gasteiger partial charge in [-0.15, -0.1) is 0 Å². The Kier molecular flexibility index (Phi) is 2.85. The molecule has 0 aliphatic rings. The van der Waals surface area contributed by atoms with E-state index in [0.717, 1.165) is 19.4 Å². The Bertz CT molecular complexity index is 267. The normalized spacial score (nSPS) is 10.1. The lowest BCUT2D eigenvalue weighted by Gasteiger charge is -2.02. The monoisotopic (exact) mass is 167 g/mol. The van der Waals surface area contributed by atoms with Crippen LogP contribution in [0.5, 0.6) is 0 Å². The molecular weight excluding hydrogens is 154 g/mol. The van der Waals surface area contributed by atoms with Crippen LogP contribution in [0.1, 0.15) is 30.4 Å². The van der Waals surface area contributed by atoms with Crippen LogP contribution in [-0.2, 0) is 6.54 Å². The summed E-state index contributed by atoms with van der Waals surface area (Å²) in [5, 5.41) is 0. The van der Waals surface area contributed by atoms with E-state index >= 15 is 0 Å². The first-order valence-corrected chi connectivity index (χ1v) is 4.06. The van der Waals surface area contributed by atoms with Gasteiger partial charge >= 0.3 is 0 Å². The summed E-state index contributed by atoms with van der Waals surface area (Å²) in [5.74, 6) is -0.112. The minimum Gasteiger partial charge on any atom is -0.363 e. The fourth-order valence-electron chi connectivity index (χ4n) is 1.04. The molecule has 0 bridgehead atoms. The van der Waals surface area contributed by atoms with Gasteiger partial charge in [-0.1, -0.05) is 13.3 Å². The third-order valence-electron chi connectivity index (χ3n) is 1.69. The van der Waals surface area contributed by atoms with Crippen molar-refractivity contribution >= 4 is 5.91 Å². The van der Waals surface area contributed by atoms with Crippen LogP contribution in [0, 0.1) is 0 Å². The standard InChI is InChI=1S/C8H13N3O/c1-2-3-5-11-6-4-10-8(11)7(9)12/h4,6H,2-3,5H2,1H3,(H2,9,12). The van der Waals surface area contributed by atoms with E-state index < -0.39 is 5.91 Å². The van der Waals surface area contributed by atoms with Gasteiger partial charge in [-0.25, -0.2) is 4.98 Å². The van der Waals surface area contributed by atoms with Gasteiger partial charge in [0.05, 0.1) is 0 Å². The molecule has 0 atom stereocenters. The van der Waals surface area contributed by atoms with E-state index in [1.165, 1.54) is 0 Å². The second-order valence-electron chi connectivity index (χ2n) is 2.66. The first-order chi connectivity index (χ1) is 5.75. The average molecular weight is 167 g/mol. The summed E-state index contributed by atoms with van der Waals surface area (Å²) < 4.78 is 1.78. The molecule has 1 heterocycles. The van der Waals surface area contributed by atoms with Crippen molar-refractivity contribution in [1.29, 1.82) is 0 Å². The predicted octanol–water partition coefficient (Wildman–Crippen LogP) is 0.782. The Labute approximate surface area is 71.4 Å². The third-order valence-corrected chi connectivity index (χ3v) is 1.69. The Morgan fingerprint density at radius 1 is 1.75 bits per heavy atom. The van der Waals surface area contributed by atoms with Crippen LogP contribution in [0.15, 0.2) is 12.4 Å². The van der Waals surface area contributed by atoms with Crippen LogP contribution in [0.25, 0.3) is 0 Å². The highest BCUT2D eigenvalue weighted by Gasteiger charge is 2.06. The lowest BCUT2D eigenvalue weighted by atomic mass is 10.3. The zero-order chi connectivity index (χ0) is 8.97. The van der Waals surface area contributed by atoms with Gasteiger partial charge < -0.3 is 10.3 Å². The maximum atomic E-state index is 10.8. The molecule has 0 aliphatic heterocycles. The van der Waals surface area contributed by atoms with Gasteiger partial charge in [0.1, 0.15) is 0 Å². The average Bonchev–Trinajstić information content (AvgIpc) is 2.48. The first kappa shape index (κ1) is 8.77. The topological polar surface area (TPSA) is 60.9 Å². The number of rotatable bonds is 4. The summed E-state index contributed by atoms with van der Waals surface area (Å²) in [6, 6.07) is 0. The molecule has 0 spiro atoms. The Morgan fingerprint density at radius 2 is 2.50 bits per heavy atom. The molecule has 4 heteroatoms. The van der Waals surface area contributed by atoms with Gasteiger partial charge in [0.2, 0.25) is 0 Å². The van der Waals surface area contributed by atoms with Crippen molar-refractivity contribution in [3.63, 3.8) is 0 Å². The van der Waals surface area contributed by atoms with Crippen molar-refractivity contribution in [2.75, 3.05) is 0 Å². The van der Waals surface area contributed by atoms with Crippen molar-refractivity contribution in [2.24, 2.45) is 5.73 Å². The van der Waals surface area contributed by atoms with Crippen molar-refractivity contribution in [3.8, 4) is 0 Å². The number of primary amides is 1. The van der Waals surface area contributed by atoms with Crippen LogP contribution < -0.4 is 5.73 Å². The molecule has 2 N–H and O–H groups in total. The number of unbranched alkanes of at least 4 members (excludes halogenated alkanes) is 1. The van der Waals surface area contributed by atoms with E-state index in [4.69, 9.17) is 5.73 Å². The molecule has 1 aromatic rings. The molecule has 12 heavy (non-hydrogen) atoms. The number of aromatic nitrogens is 2. The van der Waals surface area contributed by atoms with Crippen LogP contribution in [0.2, 0.25) is 0 Å². The number of aryl methyl sites for hydroxylation is 1. The molecule has 1 aromatic heterocycles. The second kappa shape index (κ2) is 3.90. The third kappa shape index (κ3) is 1.84. The summed E-state index contributed by atoms with van der Waals surface area (Å²) in [4.78, 5) is 14.6. The van der Waals surface area contributed by atoms with Crippen molar-refractivity contribution in [3.05, 3.63) is 18.2 Å². The number of hydrogen-bond acceptors (Lipinski definition) is 2. The van der Waals surface area contributed by atoms with Crippen LogP contribution in [0.4, 0.5) is 0 Å². The number of imidazole rings is 1. The molecule has 0 fully saturated rings. The smallest absolute Gasteiger partial charge is 0.284 e. The fraction of sp³-hybridized carbons (Fsp3) is 0.500. The van der Waals surface area contributed by atoms with Crippen LogP contribution in [-0.4, -0.2) is 15.5 Å². The van der Waals surface area contributed by atoms with Crippen LogP contribution in [0.3, 0.4) is 0 Å². The highest BCUT2D eigenvalue weighted by Crippen LogP contribution is 1.99. The summed E-state index contributed by atoms with van der Waals surface area (Å²) >= 11 is 0. The molecule has 0 saturated carbocycles. The molecule has 0 unspecified atom stereocenters. The Hall–Kier alpha value is -1.32. The number of nitrogens with zero attached hydrogens (tertiary/aromatic N) is 2. The fourth-order valence-corrected chi connectivity index (χ4v) is 1.04. The molecule has 0 radical (unpaired) electrons. The van der Waals surface area contributed by atoms with Crippen LogP contribution >= 0.6 is 0 Å². The van der Waals surface area contributed by atoms with Gasteiger partial charge in [-0.3, -0.25) is 4.79 Å². The highest BCUT2D eigenvalue weighted by atomic mass is 16.1. The van der Waals surface area contributed by atoms with Gasteiger partial charge in [0, 0.05) is 18.9 Å². The lowest BCUT2D eigenvalue weighted by Crippen LogP contribution is -2.18. The summed E-state index contributed by atoms with van der Waals surface area (Å²) in [6.07, 6.45) is 5.50. The number of carbonyl (C=O) groups excluding carboxylic acids is 1. The zero-order valence-electron chi connectivity index (χ0n) is 7.16. The predicted molar refractivity (Wildman–Crippen MR) is 45.7 cm³/mol. The maximum absolute atomic E-state index is 10.8. The molecular formula is C8H13N3O. The van der Waals surface area contributed by atoms with E-state index in [-0.39, 0.29) is 0 Å². The Morgan fingerprint density at radius 3 is 3.08 bits per heavy atom. The number of hydrogen-bond donors (Lipinski definition) is 1. The molecule has 0 aromatic carbocycles. The first-order valence-electron chi connectivity index (χ1n) is 4.06. The van der Waals surface area contributed by atoms with E-state index in [9.17, 15) is 4.79 Å². The molecule has 0 saturated heterocycles. The molecule has 1 amide bonds. The van der Waals surface area contributed by atoms with Gasteiger partial charge in [0.25, 0.3) is 5.91 Å². The van der Waals surface area contributed by atoms with Crippen molar-refractivity contribution in [1.82, 2.24) is 9.55 Å². The minimum atomic E-state index is -0.462. The summed E-state index contributed by atoms with van der Waals surface area (Å²) in [5.41, 5.74) is 5.11. The number of carbonyl (C=O) groups is 1. The highest BCUT2D eigenvalue weighted by molar-refractivity contribution is 5.89. The quantitative estimate of drug-likeness (QED) is 0.720. The van der Waals surface area contributed by atoms with Crippen molar-refractivity contribution in [2.45, 2.75) is 26.3 Å². The summed E-state index contributed by atoms with van der Waals surface area (Å²) in [6.45, 7) is 2.91.